The minimum atomic E-state index is 0.166. The molecule has 7 nitrogen and oxygen atoms in total. The molecule has 3 aromatic rings. The van der Waals surface area contributed by atoms with Gasteiger partial charge in [-0.1, -0.05) is 24.3 Å². The maximum absolute atomic E-state index is 6.19. The third-order valence-corrected chi connectivity index (χ3v) is 5.54. The van der Waals surface area contributed by atoms with E-state index >= 15 is 0 Å². The molecule has 2 aliphatic heterocycles. The average molecular weight is 362 g/mol. The standard InChI is InChI=1S/C20H22N6O/c1-25-8-10-26(11-9-25)19-16-5-3-2-4-15(16)13-27-18-7-6-14(12-17(18)19)20-21-23-24-22-20/h2-7,12,19H,8-11,13H2,1H3,(H,21,22,23,24). The molecule has 0 aliphatic carbocycles. The fraction of sp³-hybridized carbons (Fsp3) is 0.350. The van der Waals surface area contributed by atoms with Crippen molar-refractivity contribution >= 4 is 0 Å². The van der Waals surface area contributed by atoms with Crippen molar-refractivity contribution in [3.05, 3.63) is 59.2 Å². The van der Waals surface area contributed by atoms with Crippen LogP contribution in [-0.4, -0.2) is 63.7 Å². The lowest BCUT2D eigenvalue weighted by Crippen LogP contribution is -2.46. The van der Waals surface area contributed by atoms with E-state index in [4.69, 9.17) is 4.74 Å². The van der Waals surface area contributed by atoms with Gasteiger partial charge in [0, 0.05) is 37.3 Å². The monoisotopic (exact) mass is 362 g/mol. The highest BCUT2D eigenvalue weighted by Gasteiger charge is 2.31. The Kier molecular flexibility index (Phi) is 4.10. The number of likely N-dealkylation sites (N-methyl/N-ethyl adjacent to an activating group) is 1. The summed E-state index contributed by atoms with van der Waals surface area (Å²) in [4.78, 5) is 4.94. The molecule has 0 saturated carbocycles. The van der Waals surface area contributed by atoms with Crippen LogP contribution in [0.25, 0.3) is 11.4 Å². The van der Waals surface area contributed by atoms with Gasteiger partial charge in [0.2, 0.25) is 5.82 Å². The Morgan fingerprint density at radius 2 is 1.89 bits per heavy atom. The van der Waals surface area contributed by atoms with Crippen LogP contribution in [0.2, 0.25) is 0 Å². The molecule has 0 amide bonds. The number of nitrogens with zero attached hydrogens (tertiary/aromatic N) is 5. The molecule has 1 N–H and O–H groups in total. The first kappa shape index (κ1) is 16.4. The normalized spacial score (nSPS) is 20.4. The number of tetrazole rings is 1. The number of rotatable bonds is 2. The molecule has 1 atom stereocenters. The van der Waals surface area contributed by atoms with E-state index in [2.05, 4.69) is 67.8 Å². The van der Waals surface area contributed by atoms with Crippen molar-refractivity contribution in [2.75, 3.05) is 33.2 Å². The van der Waals surface area contributed by atoms with E-state index in [0.717, 1.165) is 37.5 Å². The lowest BCUT2D eigenvalue weighted by molar-refractivity contribution is 0.127. The molecular formula is C20H22N6O. The van der Waals surface area contributed by atoms with Crippen LogP contribution in [0, 0.1) is 0 Å². The van der Waals surface area contributed by atoms with Crippen molar-refractivity contribution in [1.29, 1.82) is 0 Å². The Morgan fingerprint density at radius 3 is 2.70 bits per heavy atom. The van der Waals surface area contributed by atoms with Gasteiger partial charge in [-0.2, -0.15) is 5.21 Å². The number of ether oxygens (including phenoxy) is 1. The number of hydrogen-bond acceptors (Lipinski definition) is 6. The van der Waals surface area contributed by atoms with Gasteiger partial charge in [0.1, 0.15) is 12.4 Å². The van der Waals surface area contributed by atoms with Gasteiger partial charge in [-0.25, -0.2) is 0 Å². The molecular weight excluding hydrogens is 340 g/mol. The van der Waals surface area contributed by atoms with Crippen LogP contribution in [0.1, 0.15) is 22.7 Å². The van der Waals surface area contributed by atoms with Crippen LogP contribution in [0.3, 0.4) is 0 Å². The van der Waals surface area contributed by atoms with Gasteiger partial charge in [-0.3, -0.25) is 4.90 Å². The quantitative estimate of drug-likeness (QED) is 0.753. The summed E-state index contributed by atoms with van der Waals surface area (Å²) in [6.45, 7) is 4.79. The number of aromatic amines is 1. The van der Waals surface area contributed by atoms with Gasteiger partial charge in [-0.05, 0) is 41.6 Å². The summed E-state index contributed by atoms with van der Waals surface area (Å²) >= 11 is 0. The van der Waals surface area contributed by atoms with E-state index in [-0.39, 0.29) is 6.04 Å². The van der Waals surface area contributed by atoms with E-state index in [9.17, 15) is 0 Å². The summed E-state index contributed by atoms with van der Waals surface area (Å²) in [5.41, 5.74) is 4.70. The summed E-state index contributed by atoms with van der Waals surface area (Å²) in [7, 11) is 2.18. The van der Waals surface area contributed by atoms with Crippen LogP contribution in [0.4, 0.5) is 0 Å². The zero-order chi connectivity index (χ0) is 18.2. The van der Waals surface area contributed by atoms with Gasteiger partial charge in [-0.15, -0.1) is 10.2 Å². The number of piperazine rings is 1. The van der Waals surface area contributed by atoms with Crippen LogP contribution in [0.5, 0.6) is 5.75 Å². The Morgan fingerprint density at radius 1 is 1.04 bits per heavy atom. The summed E-state index contributed by atoms with van der Waals surface area (Å²) < 4.78 is 6.19. The molecule has 3 heterocycles. The topological polar surface area (TPSA) is 70.2 Å². The molecule has 138 valence electrons. The molecule has 1 fully saturated rings. The zero-order valence-corrected chi connectivity index (χ0v) is 15.3. The number of H-pyrrole nitrogens is 1. The van der Waals surface area contributed by atoms with Crippen LogP contribution in [0.15, 0.2) is 42.5 Å². The first-order valence-corrected chi connectivity index (χ1v) is 9.30. The molecule has 1 saturated heterocycles. The second kappa shape index (κ2) is 6.75. The third-order valence-electron chi connectivity index (χ3n) is 5.54. The number of benzene rings is 2. The highest BCUT2D eigenvalue weighted by molar-refractivity contribution is 5.60. The van der Waals surface area contributed by atoms with E-state index in [1.165, 1.54) is 16.7 Å². The summed E-state index contributed by atoms with van der Waals surface area (Å²) in [6.07, 6.45) is 0. The van der Waals surface area contributed by atoms with Crippen molar-refractivity contribution in [2.24, 2.45) is 0 Å². The Bertz CT molecular complexity index is 933. The van der Waals surface area contributed by atoms with Crippen molar-refractivity contribution in [2.45, 2.75) is 12.6 Å². The molecule has 7 heteroatoms. The SMILES string of the molecule is CN1CCN(C2c3ccccc3COc3ccc(-c4nn[nH]n4)cc32)CC1. The molecule has 27 heavy (non-hydrogen) atoms. The fourth-order valence-electron chi connectivity index (χ4n) is 4.05. The maximum atomic E-state index is 6.19. The molecule has 1 aromatic heterocycles. The van der Waals surface area contributed by atoms with Crippen LogP contribution in [-0.2, 0) is 6.61 Å². The zero-order valence-electron chi connectivity index (χ0n) is 15.3. The smallest absolute Gasteiger partial charge is 0.204 e. The lowest BCUT2D eigenvalue weighted by Gasteiger charge is -2.38. The van der Waals surface area contributed by atoms with Crippen LogP contribution < -0.4 is 4.74 Å². The second-order valence-corrected chi connectivity index (χ2v) is 7.22. The molecule has 0 bridgehead atoms. The molecule has 5 rings (SSSR count). The largest absolute Gasteiger partial charge is 0.489 e. The second-order valence-electron chi connectivity index (χ2n) is 7.22. The summed E-state index contributed by atoms with van der Waals surface area (Å²) in [5.74, 6) is 1.54. The van der Waals surface area contributed by atoms with E-state index in [1.54, 1.807) is 0 Å². The molecule has 1 unspecified atom stereocenters. The number of fused-ring (bicyclic) bond motifs is 2. The van der Waals surface area contributed by atoms with Crippen LogP contribution >= 0.6 is 0 Å². The van der Waals surface area contributed by atoms with E-state index < -0.39 is 0 Å². The first-order chi connectivity index (χ1) is 13.3. The van der Waals surface area contributed by atoms with Gasteiger partial charge >= 0.3 is 0 Å². The van der Waals surface area contributed by atoms with Gasteiger partial charge in [0.25, 0.3) is 0 Å². The Balaban J connectivity index is 1.64. The average Bonchev–Trinajstić information content (AvgIpc) is 3.19. The van der Waals surface area contributed by atoms with Gasteiger partial charge < -0.3 is 9.64 Å². The van der Waals surface area contributed by atoms with Crippen molar-refractivity contribution < 1.29 is 4.74 Å². The van der Waals surface area contributed by atoms with Crippen molar-refractivity contribution in [1.82, 2.24) is 30.4 Å². The molecule has 2 aromatic carbocycles. The summed E-state index contributed by atoms with van der Waals surface area (Å²) in [5, 5.41) is 14.5. The number of aromatic nitrogens is 4. The number of hydrogen-bond donors (Lipinski definition) is 1. The molecule has 2 aliphatic rings. The fourth-order valence-corrected chi connectivity index (χ4v) is 4.05. The highest BCUT2D eigenvalue weighted by Crippen LogP contribution is 2.41. The highest BCUT2D eigenvalue weighted by atomic mass is 16.5. The molecule has 0 radical (unpaired) electrons. The number of nitrogens with one attached hydrogen (secondary N) is 1. The Hall–Kier alpha value is -2.77. The van der Waals surface area contributed by atoms with Crippen molar-refractivity contribution in [3.8, 4) is 17.1 Å². The van der Waals surface area contributed by atoms with Crippen molar-refractivity contribution in [3.63, 3.8) is 0 Å². The molecule has 0 spiro atoms. The summed E-state index contributed by atoms with van der Waals surface area (Å²) in [6, 6.07) is 15.0. The van der Waals surface area contributed by atoms with Gasteiger partial charge in [0.05, 0.1) is 6.04 Å². The maximum Gasteiger partial charge on any atom is 0.204 e. The minimum absolute atomic E-state index is 0.166. The predicted molar refractivity (Wildman–Crippen MR) is 101 cm³/mol. The predicted octanol–water partition coefficient (Wildman–Crippen LogP) is 2.10. The van der Waals surface area contributed by atoms with Gasteiger partial charge in [0.15, 0.2) is 0 Å². The lowest BCUT2D eigenvalue weighted by atomic mass is 9.92. The third kappa shape index (κ3) is 2.98. The first-order valence-electron chi connectivity index (χ1n) is 9.30. The Labute approximate surface area is 157 Å². The van der Waals surface area contributed by atoms with E-state index in [0.29, 0.717) is 12.4 Å². The minimum Gasteiger partial charge on any atom is -0.489 e. The van der Waals surface area contributed by atoms with E-state index in [1.807, 2.05) is 12.1 Å².